The minimum atomic E-state index is -0.514. The summed E-state index contributed by atoms with van der Waals surface area (Å²) in [5.74, 6) is 0.749. The van der Waals surface area contributed by atoms with Gasteiger partial charge in [-0.25, -0.2) is 9.37 Å². The molecular formula is C25H28FN3O2. The molecule has 0 bridgehead atoms. The number of piperidine rings is 1. The molecule has 3 aromatic rings. The summed E-state index contributed by atoms with van der Waals surface area (Å²) in [5.41, 5.74) is 2.57. The van der Waals surface area contributed by atoms with Crippen LogP contribution in [0.15, 0.2) is 48.5 Å². The maximum absolute atomic E-state index is 13.8. The van der Waals surface area contributed by atoms with Crippen molar-refractivity contribution < 1.29 is 14.3 Å². The highest BCUT2D eigenvalue weighted by Gasteiger charge is 2.33. The Labute approximate surface area is 181 Å². The van der Waals surface area contributed by atoms with Crippen LogP contribution in [0.5, 0.6) is 0 Å². The second-order valence-electron chi connectivity index (χ2n) is 8.80. The molecule has 1 saturated carbocycles. The molecule has 0 unspecified atom stereocenters. The minimum Gasteiger partial charge on any atom is -0.395 e. The summed E-state index contributed by atoms with van der Waals surface area (Å²) in [4.78, 5) is 19.8. The number of aromatic nitrogens is 2. The number of imidazole rings is 1. The Bertz CT molecular complexity index is 1070. The predicted molar refractivity (Wildman–Crippen MR) is 117 cm³/mol. The molecule has 2 fully saturated rings. The maximum Gasteiger partial charge on any atom is 0.232 e. The molecule has 1 atom stereocenters. The van der Waals surface area contributed by atoms with Gasteiger partial charge in [0.25, 0.3) is 0 Å². The van der Waals surface area contributed by atoms with Crippen molar-refractivity contribution in [2.45, 2.75) is 50.0 Å². The summed E-state index contributed by atoms with van der Waals surface area (Å²) >= 11 is 0. The van der Waals surface area contributed by atoms with Gasteiger partial charge in [0, 0.05) is 31.1 Å². The number of aliphatic hydroxyl groups is 1. The fourth-order valence-electron chi connectivity index (χ4n) is 5.00. The van der Waals surface area contributed by atoms with Crippen LogP contribution in [0.3, 0.4) is 0 Å². The minimum absolute atomic E-state index is 0.0103. The van der Waals surface area contributed by atoms with E-state index in [0.717, 1.165) is 48.1 Å². The van der Waals surface area contributed by atoms with E-state index in [1.165, 1.54) is 18.6 Å². The Morgan fingerprint density at radius 1 is 1.10 bits per heavy atom. The first kappa shape index (κ1) is 20.2. The van der Waals surface area contributed by atoms with Crippen LogP contribution in [0.2, 0.25) is 0 Å². The van der Waals surface area contributed by atoms with Gasteiger partial charge in [0.1, 0.15) is 11.6 Å². The normalized spacial score (nSPS) is 18.8. The van der Waals surface area contributed by atoms with Crippen molar-refractivity contribution in [2.75, 3.05) is 19.7 Å². The monoisotopic (exact) mass is 421 g/mol. The Balaban J connectivity index is 1.36. The van der Waals surface area contributed by atoms with E-state index in [9.17, 15) is 14.3 Å². The first-order valence-corrected chi connectivity index (χ1v) is 11.3. The molecule has 1 saturated heterocycles. The van der Waals surface area contributed by atoms with E-state index in [1.54, 1.807) is 0 Å². The highest BCUT2D eigenvalue weighted by atomic mass is 19.1. The third-order valence-corrected chi connectivity index (χ3v) is 6.97. The Morgan fingerprint density at radius 3 is 2.48 bits per heavy atom. The number of hydrogen-bond acceptors (Lipinski definition) is 3. The van der Waals surface area contributed by atoms with Crippen LogP contribution in [0.4, 0.5) is 4.39 Å². The lowest BCUT2D eigenvalue weighted by molar-refractivity contribution is -0.135. The van der Waals surface area contributed by atoms with Crippen molar-refractivity contribution in [2.24, 2.45) is 0 Å². The first-order chi connectivity index (χ1) is 15.2. The van der Waals surface area contributed by atoms with Gasteiger partial charge < -0.3 is 14.6 Å². The highest BCUT2D eigenvalue weighted by molar-refractivity contribution is 5.84. The molecule has 31 heavy (non-hydrogen) atoms. The molecule has 5 rings (SSSR count). The van der Waals surface area contributed by atoms with Crippen molar-refractivity contribution in [3.05, 3.63) is 65.7 Å². The molecule has 5 nitrogen and oxygen atoms in total. The lowest BCUT2D eigenvalue weighted by Crippen LogP contribution is -2.42. The van der Waals surface area contributed by atoms with Crippen LogP contribution >= 0.6 is 0 Å². The standard InChI is InChI=1S/C25H28FN3O2/c26-19-9-10-23-22(15-19)27-24(18-7-4-8-18)29(23)20-11-13-28(14-12-20)25(31)21(16-30)17-5-2-1-3-6-17/h1-3,5-6,9-10,15,18,20-21,30H,4,7-8,11-14,16H2/t21-/m0/s1. The van der Waals surface area contributed by atoms with Crippen molar-refractivity contribution in [1.82, 2.24) is 14.5 Å². The summed E-state index contributed by atoms with van der Waals surface area (Å²) in [6.07, 6.45) is 5.16. The third-order valence-electron chi connectivity index (χ3n) is 6.97. The van der Waals surface area contributed by atoms with Gasteiger partial charge in [-0.1, -0.05) is 36.8 Å². The van der Waals surface area contributed by atoms with Gasteiger partial charge in [-0.3, -0.25) is 4.79 Å². The van der Waals surface area contributed by atoms with Gasteiger partial charge in [-0.15, -0.1) is 0 Å². The molecule has 1 aliphatic carbocycles. The SMILES string of the molecule is O=C([C@@H](CO)c1ccccc1)N1CCC(n2c(C3CCC3)nc3cc(F)ccc32)CC1. The molecule has 1 amide bonds. The number of rotatable bonds is 5. The number of halogens is 1. The number of benzene rings is 2. The van der Waals surface area contributed by atoms with E-state index < -0.39 is 5.92 Å². The zero-order chi connectivity index (χ0) is 21.4. The molecule has 1 N–H and O–H groups in total. The molecule has 2 aromatic carbocycles. The molecule has 2 heterocycles. The summed E-state index contributed by atoms with van der Waals surface area (Å²) in [7, 11) is 0. The molecule has 1 aromatic heterocycles. The highest BCUT2D eigenvalue weighted by Crippen LogP contribution is 2.40. The smallest absolute Gasteiger partial charge is 0.232 e. The quantitative estimate of drug-likeness (QED) is 0.665. The second kappa shape index (κ2) is 8.42. The summed E-state index contributed by atoms with van der Waals surface area (Å²) in [6.45, 7) is 1.11. The van der Waals surface area contributed by atoms with E-state index in [1.807, 2.05) is 41.3 Å². The fraction of sp³-hybridized carbons (Fsp3) is 0.440. The van der Waals surface area contributed by atoms with E-state index >= 15 is 0 Å². The molecule has 1 aliphatic heterocycles. The molecule has 0 spiro atoms. The molecule has 2 aliphatic rings. The zero-order valence-electron chi connectivity index (χ0n) is 17.6. The Morgan fingerprint density at radius 2 is 1.84 bits per heavy atom. The number of aliphatic hydroxyl groups excluding tert-OH is 1. The summed E-state index contributed by atoms with van der Waals surface area (Å²) in [6, 6.07) is 14.6. The van der Waals surface area contributed by atoms with Gasteiger partial charge in [-0.2, -0.15) is 0 Å². The Hall–Kier alpha value is -2.73. The van der Waals surface area contributed by atoms with Gasteiger partial charge in [-0.05, 0) is 43.4 Å². The number of carbonyl (C=O) groups is 1. The molecule has 162 valence electrons. The van der Waals surface area contributed by atoms with Crippen molar-refractivity contribution in [1.29, 1.82) is 0 Å². The number of carbonyl (C=O) groups excluding carboxylic acids is 1. The lowest BCUT2D eigenvalue weighted by Gasteiger charge is -2.36. The lowest BCUT2D eigenvalue weighted by atomic mass is 9.84. The summed E-state index contributed by atoms with van der Waals surface area (Å²) in [5, 5.41) is 9.86. The third kappa shape index (κ3) is 3.74. The van der Waals surface area contributed by atoms with Crippen LogP contribution in [0.25, 0.3) is 11.0 Å². The number of likely N-dealkylation sites (tertiary alicyclic amines) is 1. The number of amides is 1. The zero-order valence-corrected chi connectivity index (χ0v) is 17.6. The predicted octanol–water partition coefficient (Wildman–Crippen LogP) is 4.38. The van der Waals surface area contributed by atoms with E-state index in [4.69, 9.17) is 4.98 Å². The maximum atomic E-state index is 13.8. The largest absolute Gasteiger partial charge is 0.395 e. The van der Waals surface area contributed by atoms with Crippen LogP contribution < -0.4 is 0 Å². The van der Waals surface area contributed by atoms with Crippen LogP contribution in [0.1, 0.15) is 61.4 Å². The van der Waals surface area contributed by atoms with Crippen molar-refractivity contribution >= 4 is 16.9 Å². The average Bonchev–Trinajstić information content (AvgIpc) is 3.11. The van der Waals surface area contributed by atoms with E-state index in [0.29, 0.717) is 19.0 Å². The van der Waals surface area contributed by atoms with Gasteiger partial charge in [0.2, 0.25) is 5.91 Å². The van der Waals surface area contributed by atoms with Crippen molar-refractivity contribution in [3.63, 3.8) is 0 Å². The fourth-order valence-corrected chi connectivity index (χ4v) is 5.00. The first-order valence-electron chi connectivity index (χ1n) is 11.3. The van der Waals surface area contributed by atoms with E-state index in [-0.39, 0.29) is 24.4 Å². The average molecular weight is 422 g/mol. The van der Waals surface area contributed by atoms with E-state index in [2.05, 4.69) is 4.57 Å². The second-order valence-corrected chi connectivity index (χ2v) is 8.80. The topological polar surface area (TPSA) is 58.4 Å². The van der Waals surface area contributed by atoms with Gasteiger partial charge >= 0.3 is 0 Å². The molecular weight excluding hydrogens is 393 g/mol. The van der Waals surface area contributed by atoms with Gasteiger partial charge in [0.05, 0.1) is 23.6 Å². The number of hydrogen-bond donors (Lipinski definition) is 1. The number of fused-ring (bicyclic) bond motifs is 1. The summed E-state index contributed by atoms with van der Waals surface area (Å²) < 4.78 is 16.1. The van der Waals surface area contributed by atoms with Crippen LogP contribution in [0, 0.1) is 5.82 Å². The molecule has 6 heteroatoms. The number of nitrogens with zero attached hydrogens (tertiary/aromatic N) is 3. The molecule has 0 radical (unpaired) electrons. The Kier molecular flexibility index (Phi) is 5.48. The van der Waals surface area contributed by atoms with Crippen LogP contribution in [-0.4, -0.2) is 45.2 Å². The van der Waals surface area contributed by atoms with Gasteiger partial charge in [0.15, 0.2) is 0 Å². The van der Waals surface area contributed by atoms with Crippen molar-refractivity contribution in [3.8, 4) is 0 Å². The van der Waals surface area contributed by atoms with Crippen LogP contribution in [-0.2, 0) is 4.79 Å².